The minimum Gasteiger partial charge on any atom is -0.303 e. The van der Waals surface area contributed by atoms with Crippen molar-refractivity contribution in [3.05, 3.63) is 0 Å². The van der Waals surface area contributed by atoms with Crippen LogP contribution in [0.3, 0.4) is 0 Å². The van der Waals surface area contributed by atoms with Gasteiger partial charge < -0.3 is 4.79 Å². The number of nitrogens with zero attached hydrogens (tertiary/aromatic N) is 1. The normalized spacial score (nSPS) is 10.9. The summed E-state index contributed by atoms with van der Waals surface area (Å²) in [5.41, 5.74) is -0.399. The quantitative estimate of drug-likeness (QED) is 0.455. The molecule has 4 nitrogen and oxygen atoms in total. The molecule has 12 heavy (non-hydrogen) atoms. The topological polar surface area (TPSA) is 46.6 Å². The second kappa shape index (κ2) is 4.87. The van der Waals surface area contributed by atoms with Gasteiger partial charge >= 0.3 is 0 Å². The second-order valence-electron chi connectivity index (χ2n) is 3.41. The first kappa shape index (κ1) is 11.1. The smallest absolute Gasteiger partial charge is 0.233 e. The van der Waals surface area contributed by atoms with E-state index in [4.69, 9.17) is 4.84 Å². The van der Waals surface area contributed by atoms with Gasteiger partial charge in [-0.25, -0.2) is 5.06 Å². The first-order chi connectivity index (χ1) is 5.49. The summed E-state index contributed by atoms with van der Waals surface area (Å²) in [5, 5.41) is 1.13. The predicted octanol–water partition coefficient (Wildman–Crippen LogP) is 0.764. The monoisotopic (exact) mass is 173 g/mol. The van der Waals surface area contributed by atoms with Gasteiger partial charge in [-0.1, -0.05) is 0 Å². The molecule has 0 N–H and O–H groups in total. The number of carbonyl (C=O) groups excluding carboxylic acids is 2. The molecular weight excluding hydrogens is 158 g/mol. The number of hydrogen-bond donors (Lipinski definition) is 0. The van der Waals surface area contributed by atoms with E-state index in [0.717, 1.165) is 11.3 Å². The molecule has 4 heteroatoms. The van der Waals surface area contributed by atoms with E-state index in [1.165, 1.54) is 0 Å². The lowest BCUT2D eigenvalue weighted by molar-refractivity contribution is -0.215. The summed E-state index contributed by atoms with van der Waals surface area (Å²) in [7, 11) is 0. The summed E-state index contributed by atoms with van der Waals surface area (Å²) in [6, 6.07) is 0. The molecule has 1 amide bonds. The molecule has 70 valence electrons. The van der Waals surface area contributed by atoms with E-state index in [2.05, 4.69) is 0 Å². The van der Waals surface area contributed by atoms with Crippen molar-refractivity contribution in [1.29, 1.82) is 0 Å². The molecule has 0 aliphatic carbocycles. The van der Waals surface area contributed by atoms with Crippen LogP contribution in [0.2, 0.25) is 0 Å². The van der Waals surface area contributed by atoms with Crippen LogP contribution in [0.5, 0.6) is 0 Å². The molecule has 0 heterocycles. The Balaban J connectivity index is 3.82. The van der Waals surface area contributed by atoms with Gasteiger partial charge in [0.2, 0.25) is 6.41 Å². The van der Waals surface area contributed by atoms with Crippen LogP contribution in [-0.2, 0) is 14.4 Å². The lowest BCUT2D eigenvalue weighted by atomic mass is 10.2. The molecule has 0 unspecified atom stereocenters. The molecule has 0 bridgehead atoms. The van der Waals surface area contributed by atoms with Crippen LogP contribution in [0.25, 0.3) is 0 Å². The van der Waals surface area contributed by atoms with Crippen LogP contribution in [0.1, 0.15) is 27.2 Å². The molecule has 0 radical (unpaired) electrons. The Bertz CT molecular complexity index is 151. The molecule has 0 fully saturated rings. The van der Waals surface area contributed by atoms with Crippen LogP contribution in [0.4, 0.5) is 0 Å². The third-order valence-corrected chi connectivity index (χ3v) is 0.976. The molecular formula is C8H15NO3. The van der Waals surface area contributed by atoms with E-state index >= 15 is 0 Å². The summed E-state index contributed by atoms with van der Waals surface area (Å²) in [4.78, 5) is 25.6. The zero-order chi connectivity index (χ0) is 9.61. The molecule has 0 rings (SSSR count). The van der Waals surface area contributed by atoms with Crippen LogP contribution in [-0.4, -0.2) is 29.9 Å². The van der Waals surface area contributed by atoms with Gasteiger partial charge in [0.1, 0.15) is 6.29 Å². The molecule has 0 saturated carbocycles. The maximum atomic E-state index is 10.4. The number of hydrogen-bond acceptors (Lipinski definition) is 3. The Morgan fingerprint density at radius 2 is 1.92 bits per heavy atom. The van der Waals surface area contributed by atoms with Crippen molar-refractivity contribution in [2.24, 2.45) is 0 Å². The average molecular weight is 173 g/mol. The van der Waals surface area contributed by atoms with Gasteiger partial charge in [-0.2, -0.15) is 0 Å². The largest absolute Gasteiger partial charge is 0.303 e. The van der Waals surface area contributed by atoms with Crippen molar-refractivity contribution in [2.75, 3.05) is 6.54 Å². The highest BCUT2D eigenvalue weighted by molar-refractivity contribution is 5.51. The van der Waals surface area contributed by atoms with Crippen LogP contribution in [0, 0.1) is 0 Å². The van der Waals surface area contributed by atoms with Gasteiger partial charge in [0, 0.05) is 6.42 Å². The Morgan fingerprint density at radius 1 is 1.33 bits per heavy atom. The maximum absolute atomic E-state index is 10.4. The molecule has 0 aromatic rings. The third-order valence-electron chi connectivity index (χ3n) is 0.976. The van der Waals surface area contributed by atoms with E-state index in [1.54, 1.807) is 0 Å². The molecule has 0 aromatic carbocycles. The lowest BCUT2D eigenvalue weighted by Crippen LogP contribution is -2.33. The molecule has 0 aromatic heterocycles. The highest BCUT2D eigenvalue weighted by Crippen LogP contribution is 2.08. The van der Waals surface area contributed by atoms with Crippen LogP contribution in [0.15, 0.2) is 0 Å². The number of amides is 1. The zero-order valence-electron chi connectivity index (χ0n) is 7.74. The molecule has 0 atom stereocenters. The number of hydroxylamine groups is 2. The van der Waals surface area contributed by atoms with Crippen LogP contribution >= 0.6 is 0 Å². The third kappa shape index (κ3) is 5.85. The Kier molecular flexibility index (Phi) is 4.51. The van der Waals surface area contributed by atoms with E-state index in [9.17, 15) is 9.59 Å². The lowest BCUT2D eigenvalue weighted by Gasteiger charge is -2.25. The van der Waals surface area contributed by atoms with Crippen molar-refractivity contribution in [3.63, 3.8) is 0 Å². The van der Waals surface area contributed by atoms with Gasteiger partial charge in [0.25, 0.3) is 0 Å². The summed E-state index contributed by atoms with van der Waals surface area (Å²) in [6.45, 7) is 5.82. The summed E-state index contributed by atoms with van der Waals surface area (Å²) in [6.07, 6.45) is 1.63. The van der Waals surface area contributed by atoms with Crippen molar-refractivity contribution in [3.8, 4) is 0 Å². The van der Waals surface area contributed by atoms with Gasteiger partial charge in [-0.05, 0) is 20.8 Å². The number of aldehydes is 1. The summed E-state index contributed by atoms with van der Waals surface area (Å²) >= 11 is 0. The fourth-order valence-electron chi connectivity index (χ4n) is 0.652. The highest BCUT2D eigenvalue weighted by atomic mass is 16.7. The number of carbonyl (C=O) groups is 2. The van der Waals surface area contributed by atoms with Gasteiger partial charge in [-0.3, -0.25) is 9.63 Å². The summed E-state index contributed by atoms with van der Waals surface area (Å²) in [5.74, 6) is 0. The summed E-state index contributed by atoms with van der Waals surface area (Å²) < 4.78 is 0. The van der Waals surface area contributed by atoms with Crippen molar-refractivity contribution in [2.45, 2.75) is 32.8 Å². The molecule has 0 spiro atoms. The van der Waals surface area contributed by atoms with Gasteiger partial charge in [-0.15, -0.1) is 0 Å². The minimum atomic E-state index is -0.399. The van der Waals surface area contributed by atoms with E-state index in [1.807, 2.05) is 20.8 Å². The predicted molar refractivity (Wildman–Crippen MR) is 44.3 cm³/mol. The van der Waals surface area contributed by atoms with Gasteiger partial charge in [0.15, 0.2) is 0 Å². The molecule has 0 aliphatic heterocycles. The maximum Gasteiger partial charge on any atom is 0.233 e. The van der Waals surface area contributed by atoms with Crippen molar-refractivity contribution in [1.82, 2.24) is 5.06 Å². The van der Waals surface area contributed by atoms with Crippen molar-refractivity contribution >= 4 is 12.7 Å². The van der Waals surface area contributed by atoms with E-state index < -0.39 is 5.60 Å². The van der Waals surface area contributed by atoms with E-state index in [0.29, 0.717) is 19.4 Å². The zero-order valence-corrected chi connectivity index (χ0v) is 7.74. The SMILES string of the molecule is CC(C)(C)ON(C=O)CCC=O. The number of rotatable bonds is 5. The molecule has 0 aliphatic rings. The highest BCUT2D eigenvalue weighted by Gasteiger charge is 2.15. The van der Waals surface area contributed by atoms with Crippen molar-refractivity contribution < 1.29 is 14.4 Å². The van der Waals surface area contributed by atoms with Gasteiger partial charge in [0.05, 0.1) is 12.1 Å². The second-order valence-corrected chi connectivity index (χ2v) is 3.41. The minimum absolute atomic E-state index is 0.300. The Labute approximate surface area is 72.4 Å². The van der Waals surface area contributed by atoms with E-state index in [-0.39, 0.29) is 0 Å². The molecule has 0 saturated heterocycles. The first-order valence-electron chi connectivity index (χ1n) is 3.84. The first-order valence-corrected chi connectivity index (χ1v) is 3.84. The average Bonchev–Trinajstić information content (AvgIpc) is 1.95. The fourth-order valence-corrected chi connectivity index (χ4v) is 0.652. The van der Waals surface area contributed by atoms with Crippen LogP contribution < -0.4 is 0 Å². The Hall–Kier alpha value is -0.900. The Morgan fingerprint density at radius 3 is 2.25 bits per heavy atom. The standard InChI is InChI=1S/C8H15NO3/c1-8(2,3)12-9(7-11)5-4-6-10/h6-7H,4-5H2,1-3H3. The fraction of sp³-hybridized carbons (Fsp3) is 0.750.